The van der Waals surface area contributed by atoms with Gasteiger partial charge in [0, 0.05) is 10.6 Å². The summed E-state index contributed by atoms with van der Waals surface area (Å²) < 4.78 is 26.7. The van der Waals surface area contributed by atoms with Crippen molar-refractivity contribution >= 4 is 44.9 Å². The first-order valence-electron chi connectivity index (χ1n) is 7.17. The zero-order valence-corrected chi connectivity index (χ0v) is 14.6. The van der Waals surface area contributed by atoms with Crippen molar-refractivity contribution in [3.8, 4) is 0 Å². The lowest BCUT2D eigenvalue weighted by Crippen LogP contribution is -2.35. The molecule has 10 heteroatoms. The maximum absolute atomic E-state index is 12.5. The Morgan fingerprint density at radius 2 is 1.85 bits per heavy atom. The minimum atomic E-state index is -4.12. The van der Waals surface area contributed by atoms with Crippen LogP contribution >= 0.6 is 11.6 Å². The van der Waals surface area contributed by atoms with Crippen LogP contribution in [0.1, 0.15) is 15.9 Å². The van der Waals surface area contributed by atoms with Gasteiger partial charge < -0.3 is 16.2 Å². The van der Waals surface area contributed by atoms with E-state index in [2.05, 4.69) is 5.32 Å². The van der Waals surface area contributed by atoms with Crippen molar-refractivity contribution in [3.05, 3.63) is 64.3 Å². The Bertz CT molecular complexity index is 1080. The number of nitrogens with two attached hydrogens (primary N) is 1. The standard InChI is InChI=1S/C16H12ClN3O5S/c17-8-5-6-10-12(7-8)26(24,25)20-13(14(10)21)16(23)19-11-4-2-1-3-9(11)15(18)22/h1-7,20-21H,(H2,18,22)(H,19,23). The van der Waals surface area contributed by atoms with Crippen LogP contribution in [0.4, 0.5) is 5.69 Å². The highest BCUT2D eigenvalue weighted by Gasteiger charge is 2.33. The van der Waals surface area contributed by atoms with Gasteiger partial charge in [-0.2, -0.15) is 0 Å². The Morgan fingerprint density at radius 1 is 1.15 bits per heavy atom. The van der Waals surface area contributed by atoms with Crippen LogP contribution in [0, 0.1) is 0 Å². The summed E-state index contributed by atoms with van der Waals surface area (Å²) in [6.45, 7) is 0. The van der Waals surface area contributed by atoms with E-state index in [0.29, 0.717) is 0 Å². The second-order valence-corrected chi connectivity index (χ2v) is 7.42. The van der Waals surface area contributed by atoms with Crippen molar-refractivity contribution in [2.75, 3.05) is 5.32 Å². The molecular weight excluding hydrogens is 382 g/mol. The van der Waals surface area contributed by atoms with Crippen molar-refractivity contribution in [2.24, 2.45) is 5.73 Å². The van der Waals surface area contributed by atoms with E-state index in [-0.39, 0.29) is 26.7 Å². The van der Waals surface area contributed by atoms with Crippen LogP contribution < -0.4 is 15.8 Å². The molecule has 0 saturated heterocycles. The van der Waals surface area contributed by atoms with E-state index in [0.717, 1.165) is 6.07 Å². The molecular formula is C16H12ClN3O5S. The number of sulfonamides is 1. The first-order valence-corrected chi connectivity index (χ1v) is 9.03. The Labute approximate surface area is 153 Å². The van der Waals surface area contributed by atoms with Crippen molar-refractivity contribution in [2.45, 2.75) is 4.90 Å². The predicted octanol–water partition coefficient (Wildman–Crippen LogP) is 1.60. The van der Waals surface area contributed by atoms with Crippen LogP contribution in [-0.2, 0) is 14.8 Å². The fraction of sp³-hybridized carbons (Fsp3) is 0. The predicted molar refractivity (Wildman–Crippen MR) is 94.9 cm³/mol. The molecule has 3 rings (SSSR count). The Kier molecular flexibility index (Phi) is 4.34. The van der Waals surface area contributed by atoms with Gasteiger partial charge in [0.1, 0.15) is 0 Å². The number of primary amides is 1. The van der Waals surface area contributed by atoms with Gasteiger partial charge in [-0.15, -0.1) is 0 Å². The van der Waals surface area contributed by atoms with Gasteiger partial charge >= 0.3 is 0 Å². The van der Waals surface area contributed by atoms with Gasteiger partial charge in [0.25, 0.3) is 21.8 Å². The number of carbonyl (C=O) groups is 2. The Balaban J connectivity index is 2.04. The maximum Gasteiger partial charge on any atom is 0.276 e. The lowest BCUT2D eigenvalue weighted by molar-refractivity contribution is -0.113. The number of aliphatic hydroxyl groups is 1. The average Bonchev–Trinajstić information content (AvgIpc) is 2.58. The topological polar surface area (TPSA) is 139 Å². The minimum Gasteiger partial charge on any atom is -0.505 e. The van der Waals surface area contributed by atoms with Gasteiger partial charge in [0.15, 0.2) is 11.5 Å². The van der Waals surface area contributed by atoms with Crippen LogP contribution in [0.2, 0.25) is 5.02 Å². The molecule has 0 atom stereocenters. The van der Waals surface area contributed by atoms with E-state index in [1.54, 1.807) is 12.1 Å². The number of aliphatic hydroxyl groups excluding tert-OH is 1. The highest BCUT2D eigenvalue weighted by molar-refractivity contribution is 7.89. The molecule has 0 aliphatic carbocycles. The van der Waals surface area contributed by atoms with Gasteiger partial charge in [-0.1, -0.05) is 23.7 Å². The molecule has 1 heterocycles. The monoisotopic (exact) mass is 393 g/mol. The third-order valence-electron chi connectivity index (χ3n) is 3.63. The van der Waals surface area contributed by atoms with Crippen molar-refractivity contribution in [1.82, 2.24) is 4.72 Å². The van der Waals surface area contributed by atoms with Crippen LogP contribution in [0.5, 0.6) is 0 Å². The molecule has 0 fully saturated rings. The summed E-state index contributed by atoms with van der Waals surface area (Å²) in [5.41, 5.74) is 4.70. The number of halogens is 1. The molecule has 1 aliphatic rings. The third-order valence-corrected chi connectivity index (χ3v) is 5.25. The molecule has 26 heavy (non-hydrogen) atoms. The molecule has 0 unspecified atom stereocenters. The normalized spacial score (nSPS) is 15.0. The number of amides is 2. The number of benzene rings is 2. The second-order valence-electron chi connectivity index (χ2n) is 5.33. The number of para-hydroxylation sites is 1. The SMILES string of the molecule is NC(=O)c1ccccc1NC(=O)C1=C(O)c2ccc(Cl)cc2S(=O)(=O)N1. The van der Waals surface area contributed by atoms with Crippen LogP contribution in [0.25, 0.3) is 5.76 Å². The van der Waals surface area contributed by atoms with E-state index >= 15 is 0 Å². The second kappa shape index (κ2) is 6.36. The van der Waals surface area contributed by atoms with Crippen LogP contribution in [-0.4, -0.2) is 25.3 Å². The summed E-state index contributed by atoms with van der Waals surface area (Å²) >= 11 is 5.79. The van der Waals surface area contributed by atoms with Gasteiger partial charge in [-0.3, -0.25) is 14.3 Å². The fourth-order valence-electron chi connectivity index (χ4n) is 2.43. The lowest BCUT2D eigenvalue weighted by atomic mass is 10.1. The summed E-state index contributed by atoms with van der Waals surface area (Å²) in [4.78, 5) is 23.7. The molecule has 2 aromatic carbocycles. The summed E-state index contributed by atoms with van der Waals surface area (Å²) in [6, 6.07) is 9.75. The Hall–Kier alpha value is -3.04. The number of fused-ring (bicyclic) bond motifs is 1. The van der Waals surface area contributed by atoms with Crippen LogP contribution in [0.3, 0.4) is 0 Å². The van der Waals surface area contributed by atoms with E-state index in [9.17, 15) is 23.1 Å². The number of hydrogen-bond donors (Lipinski definition) is 4. The highest BCUT2D eigenvalue weighted by Crippen LogP contribution is 2.31. The molecule has 0 saturated carbocycles. The third kappa shape index (κ3) is 3.09. The van der Waals surface area contributed by atoms with E-state index < -0.39 is 33.3 Å². The molecule has 0 spiro atoms. The lowest BCUT2D eigenvalue weighted by Gasteiger charge is -2.21. The number of rotatable bonds is 3. The largest absolute Gasteiger partial charge is 0.505 e. The molecule has 2 amide bonds. The van der Waals surface area contributed by atoms with E-state index in [4.69, 9.17) is 17.3 Å². The molecule has 5 N–H and O–H groups in total. The minimum absolute atomic E-state index is 0.0341. The number of anilines is 1. The quantitative estimate of drug-likeness (QED) is 0.627. The zero-order valence-electron chi connectivity index (χ0n) is 13.0. The molecule has 2 aromatic rings. The summed E-state index contributed by atoms with van der Waals surface area (Å²) in [5, 5.41) is 12.8. The molecule has 0 aromatic heterocycles. The zero-order chi connectivity index (χ0) is 19.1. The first kappa shape index (κ1) is 17.8. The smallest absolute Gasteiger partial charge is 0.276 e. The maximum atomic E-state index is 12.5. The molecule has 0 bridgehead atoms. The molecule has 8 nitrogen and oxygen atoms in total. The van der Waals surface area contributed by atoms with Crippen LogP contribution in [0.15, 0.2) is 53.1 Å². The molecule has 1 aliphatic heterocycles. The van der Waals surface area contributed by atoms with Gasteiger partial charge in [-0.05, 0) is 30.3 Å². The fourth-order valence-corrected chi connectivity index (χ4v) is 3.97. The van der Waals surface area contributed by atoms with E-state index in [1.165, 1.54) is 24.3 Å². The van der Waals surface area contributed by atoms with Crippen molar-refractivity contribution in [3.63, 3.8) is 0 Å². The summed E-state index contributed by atoms with van der Waals surface area (Å²) in [5.74, 6) is -2.30. The Morgan fingerprint density at radius 3 is 2.54 bits per heavy atom. The van der Waals surface area contributed by atoms with E-state index in [1.807, 2.05) is 4.72 Å². The number of hydrogen-bond acceptors (Lipinski definition) is 5. The van der Waals surface area contributed by atoms with Gasteiger partial charge in [-0.25, -0.2) is 8.42 Å². The van der Waals surface area contributed by atoms with Crippen molar-refractivity contribution < 1.29 is 23.1 Å². The summed E-state index contributed by atoms with van der Waals surface area (Å²) in [7, 11) is -4.12. The number of carbonyl (C=O) groups excluding carboxylic acids is 2. The van der Waals surface area contributed by atoms with Crippen molar-refractivity contribution in [1.29, 1.82) is 0 Å². The molecule has 0 radical (unpaired) electrons. The van der Waals surface area contributed by atoms with Gasteiger partial charge in [0.2, 0.25) is 0 Å². The molecule has 134 valence electrons. The first-order chi connectivity index (χ1) is 12.2. The number of nitrogens with one attached hydrogen (secondary N) is 2. The average molecular weight is 394 g/mol. The summed E-state index contributed by atoms with van der Waals surface area (Å²) in [6.07, 6.45) is 0. The van der Waals surface area contributed by atoms with Gasteiger partial charge in [0.05, 0.1) is 16.1 Å². The highest BCUT2D eigenvalue weighted by atomic mass is 35.5.